The van der Waals surface area contributed by atoms with Gasteiger partial charge in [0.2, 0.25) is 0 Å². The maximum absolute atomic E-state index is 11.5. The van der Waals surface area contributed by atoms with E-state index in [9.17, 15) is 4.79 Å². The summed E-state index contributed by atoms with van der Waals surface area (Å²) in [4.78, 5) is 14.0. The van der Waals surface area contributed by atoms with Gasteiger partial charge in [-0.05, 0) is 51.7 Å². The molecule has 1 atom stereocenters. The molecule has 1 unspecified atom stereocenters. The van der Waals surface area contributed by atoms with Crippen LogP contribution < -0.4 is 0 Å². The SMILES string of the molecule is [B]OC(=O)C(CCCC)CCCN1CCCC1. The van der Waals surface area contributed by atoms with E-state index in [1.807, 2.05) is 0 Å². The van der Waals surface area contributed by atoms with Crippen LogP contribution in [0.3, 0.4) is 0 Å². The Morgan fingerprint density at radius 1 is 1.29 bits per heavy atom. The molecule has 4 heteroatoms. The molecule has 0 saturated carbocycles. The Hall–Kier alpha value is -0.505. The lowest BCUT2D eigenvalue weighted by Crippen LogP contribution is -2.23. The molecule has 0 bridgehead atoms. The molecule has 0 aromatic rings. The van der Waals surface area contributed by atoms with Crippen molar-refractivity contribution < 1.29 is 9.45 Å². The predicted molar refractivity (Wildman–Crippen MR) is 69.8 cm³/mol. The summed E-state index contributed by atoms with van der Waals surface area (Å²) < 4.78 is 4.38. The van der Waals surface area contributed by atoms with Crippen molar-refractivity contribution in [1.29, 1.82) is 0 Å². The summed E-state index contributed by atoms with van der Waals surface area (Å²) in [6.45, 7) is 5.69. The molecule has 1 rings (SSSR count). The van der Waals surface area contributed by atoms with Crippen molar-refractivity contribution in [1.82, 2.24) is 4.90 Å². The molecule has 1 aliphatic heterocycles. The summed E-state index contributed by atoms with van der Waals surface area (Å²) in [6.07, 6.45) is 7.72. The molecule has 0 aromatic carbocycles. The molecule has 96 valence electrons. The first-order valence-electron chi connectivity index (χ1n) is 6.90. The molecule has 1 saturated heterocycles. The Morgan fingerprint density at radius 2 is 1.94 bits per heavy atom. The van der Waals surface area contributed by atoms with Crippen molar-refractivity contribution in [3.8, 4) is 0 Å². The highest BCUT2D eigenvalue weighted by atomic mass is 16.5. The summed E-state index contributed by atoms with van der Waals surface area (Å²) in [7, 11) is 4.98. The van der Waals surface area contributed by atoms with Crippen LogP contribution >= 0.6 is 0 Å². The van der Waals surface area contributed by atoms with Gasteiger partial charge in [0.25, 0.3) is 5.97 Å². The molecule has 0 amide bonds. The van der Waals surface area contributed by atoms with Crippen LogP contribution in [0.1, 0.15) is 51.9 Å². The van der Waals surface area contributed by atoms with Crippen molar-refractivity contribution in [2.24, 2.45) is 5.92 Å². The van der Waals surface area contributed by atoms with Crippen molar-refractivity contribution in [2.75, 3.05) is 19.6 Å². The molecule has 0 aliphatic carbocycles. The molecular formula is C13H24BNO2. The van der Waals surface area contributed by atoms with Crippen molar-refractivity contribution in [3.05, 3.63) is 0 Å². The van der Waals surface area contributed by atoms with E-state index >= 15 is 0 Å². The quantitative estimate of drug-likeness (QED) is 0.606. The first kappa shape index (κ1) is 14.6. The van der Waals surface area contributed by atoms with Gasteiger partial charge in [0.15, 0.2) is 0 Å². The Labute approximate surface area is 106 Å². The molecule has 2 radical (unpaired) electrons. The molecule has 3 nitrogen and oxygen atoms in total. The maximum Gasteiger partial charge on any atom is 0.378 e. The highest BCUT2D eigenvalue weighted by Gasteiger charge is 2.18. The molecule has 0 N–H and O–H groups in total. The van der Waals surface area contributed by atoms with Crippen LogP contribution in [0.15, 0.2) is 0 Å². The fourth-order valence-corrected chi connectivity index (χ4v) is 2.49. The third-order valence-corrected chi connectivity index (χ3v) is 3.58. The standard InChI is InChI=1S/C13H24BNO2/c1-2-3-7-12(13(16)17-14)8-6-11-15-9-4-5-10-15/h12H,2-11H2,1H3. The number of hydrogen-bond acceptors (Lipinski definition) is 3. The van der Waals surface area contributed by atoms with Crippen LogP contribution in [0.4, 0.5) is 0 Å². The van der Waals surface area contributed by atoms with E-state index in [1.54, 1.807) is 0 Å². The number of carbonyl (C=O) groups excluding carboxylic acids is 1. The number of hydrogen-bond donors (Lipinski definition) is 0. The van der Waals surface area contributed by atoms with Crippen LogP contribution in [0, 0.1) is 5.92 Å². The van der Waals surface area contributed by atoms with E-state index in [0.717, 1.165) is 38.6 Å². The van der Waals surface area contributed by atoms with E-state index in [2.05, 4.69) is 16.5 Å². The Kier molecular flexibility index (Phi) is 7.33. The lowest BCUT2D eigenvalue weighted by atomic mass is 9.96. The van der Waals surface area contributed by atoms with Gasteiger partial charge in [-0.3, -0.25) is 4.79 Å². The Morgan fingerprint density at radius 3 is 2.53 bits per heavy atom. The average Bonchev–Trinajstić information content (AvgIpc) is 2.85. The molecular weight excluding hydrogens is 213 g/mol. The van der Waals surface area contributed by atoms with Gasteiger partial charge in [-0.2, -0.15) is 0 Å². The molecule has 1 fully saturated rings. The molecule has 0 spiro atoms. The lowest BCUT2D eigenvalue weighted by Gasteiger charge is -2.18. The second-order valence-electron chi connectivity index (χ2n) is 4.97. The van der Waals surface area contributed by atoms with E-state index < -0.39 is 0 Å². The molecule has 0 aromatic heterocycles. The smallest absolute Gasteiger partial charge is 0.378 e. The third-order valence-electron chi connectivity index (χ3n) is 3.58. The van der Waals surface area contributed by atoms with E-state index in [4.69, 9.17) is 8.05 Å². The number of likely N-dealkylation sites (tertiary alicyclic amines) is 1. The van der Waals surface area contributed by atoms with Crippen molar-refractivity contribution >= 4 is 14.0 Å². The zero-order valence-electron chi connectivity index (χ0n) is 11.0. The zero-order chi connectivity index (χ0) is 12.5. The van der Waals surface area contributed by atoms with Crippen LogP contribution in [0.25, 0.3) is 0 Å². The number of carbonyl (C=O) groups is 1. The molecule has 1 aliphatic rings. The average molecular weight is 237 g/mol. The monoisotopic (exact) mass is 237 g/mol. The fraction of sp³-hybridized carbons (Fsp3) is 0.923. The summed E-state index contributed by atoms with van der Waals surface area (Å²) in [5, 5.41) is 0. The van der Waals surface area contributed by atoms with Gasteiger partial charge in [-0.15, -0.1) is 0 Å². The van der Waals surface area contributed by atoms with Gasteiger partial charge < -0.3 is 9.55 Å². The third kappa shape index (κ3) is 5.58. The second-order valence-corrected chi connectivity index (χ2v) is 4.97. The van der Waals surface area contributed by atoms with Crippen LogP contribution in [-0.4, -0.2) is 38.6 Å². The fourth-order valence-electron chi connectivity index (χ4n) is 2.49. The van der Waals surface area contributed by atoms with Crippen LogP contribution in [0.2, 0.25) is 0 Å². The van der Waals surface area contributed by atoms with Gasteiger partial charge in [-0.1, -0.05) is 19.8 Å². The van der Waals surface area contributed by atoms with Crippen LogP contribution in [-0.2, 0) is 9.45 Å². The highest BCUT2D eigenvalue weighted by molar-refractivity contribution is 6.05. The minimum Gasteiger partial charge on any atom is -0.543 e. The Bertz CT molecular complexity index is 217. The number of rotatable bonds is 8. The van der Waals surface area contributed by atoms with E-state index in [0.29, 0.717) is 0 Å². The largest absolute Gasteiger partial charge is 0.543 e. The summed E-state index contributed by atoms with van der Waals surface area (Å²) in [6, 6.07) is 0. The minimum absolute atomic E-state index is 0.00236. The summed E-state index contributed by atoms with van der Waals surface area (Å²) in [5.74, 6) is -0.234. The second kappa shape index (κ2) is 8.57. The van der Waals surface area contributed by atoms with Gasteiger partial charge in [0.1, 0.15) is 0 Å². The zero-order valence-corrected chi connectivity index (χ0v) is 11.0. The van der Waals surface area contributed by atoms with E-state index in [-0.39, 0.29) is 11.9 Å². The van der Waals surface area contributed by atoms with Crippen molar-refractivity contribution in [2.45, 2.75) is 51.9 Å². The summed E-state index contributed by atoms with van der Waals surface area (Å²) in [5.41, 5.74) is 0. The van der Waals surface area contributed by atoms with Gasteiger partial charge in [0, 0.05) is 0 Å². The van der Waals surface area contributed by atoms with Crippen molar-refractivity contribution in [3.63, 3.8) is 0 Å². The first-order valence-corrected chi connectivity index (χ1v) is 6.90. The minimum atomic E-state index is -0.236. The number of nitrogens with zero attached hydrogens (tertiary/aromatic N) is 1. The van der Waals surface area contributed by atoms with Crippen LogP contribution in [0.5, 0.6) is 0 Å². The predicted octanol–water partition coefficient (Wildman–Crippen LogP) is 2.30. The highest BCUT2D eigenvalue weighted by Crippen LogP contribution is 2.18. The molecule has 1 heterocycles. The molecule has 17 heavy (non-hydrogen) atoms. The first-order chi connectivity index (χ1) is 8.27. The lowest BCUT2D eigenvalue weighted by molar-refractivity contribution is -0.139. The number of unbranched alkanes of at least 4 members (excludes halogenated alkanes) is 1. The van der Waals surface area contributed by atoms with Gasteiger partial charge >= 0.3 is 8.05 Å². The van der Waals surface area contributed by atoms with Gasteiger partial charge in [0.05, 0.1) is 5.92 Å². The Balaban J connectivity index is 2.19. The van der Waals surface area contributed by atoms with E-state index in [1.165, 1.54) is 25.9 Å². The topological polar surface area (TPSA) is 29.5 Å². The van der Waals surface area contributed by atoms with Gasteiger partial charge in [-0.25, -0.2) is 0 Å². The maximum atomic E-state index is 11.5. The summed E-state index contributed by atoms with van der Waals surface area (Å²) >= 11 is 0. The normalized spacial score (nSPS) is 18.2.